The number of carboxylic acids is 1. The first-order valence-electron chi connectivity index (χ1n) is 10.2. The molecule has 2 N–H and O–H groups in total. The van der Waals surface area contributed by atoms with Crippen LogP contribution in [0, 0.1) is 0 Å². The number of ether oxygens (including phenoxy) is 1. The summed E-state index contributed by atoms with van der Waals surface area (Å²) in [6.07, 6.45) is 1.42. The molecule has 0 aliphatic carbocycles. The number of carboxylic acid groups (broad SMARTS) is 1. The SMILES string of the molecule is C[C@H](Oc1ccc2c(-c3ccccc3)cc(=O)oc2c1)C(=O)NCCCCCC(=O)O. The molecule has 162 valence electrons. The highest BCUT2D eigenvalue weighted by molar-refractivity contribution is 5.93. The van der Waals surface area contributed by atoms with Crippen LogP contribution in [-0.2, 0) is 9.59 Å². The first kappa shape index (κ1) is 22.1. The van der Waals surface area contributed by atoms with Crippen molar-refractivity contribution in [2.24, 2.45) is 0 Å². The average molecular weight is 423 g/mol. The van der Waals surface area contributed by atoms with Gasteiger partial charge in [0.15, 0.2) is 6.10 Å². The molecule has 0 unspecified atom stereocenters. The molecule has 1 amide bonds. The molecule has 2 aromatic carbocycles. The Morgan fingerprint density at radius 2 is 1.84 bits per heavy atom. The van der Waals surface area contributed by atoms with Gasteiger partial charge in [-0.2, -0.15) is 0 Å². The van der Waals surface area contributed by atoms with Gasteiger partial charge >= 0.3 is 11.6 Å². The lowest BCUT2D eigenvalue weighted by molar-refractivity contribution is -0.137. The molecule has 3 aromatic rings. The number of nitrogens with one attached hydrogen (secondary N) is 1. The minimum Gasteiger partial charge on any atom is -0.481 e. The molecule has 0 saturated heterocycles. The van der Waals surface area contributed by atoms with Gasteiger partial charge in [-0.3, -0.25) is 9.59 Å². The molecular weight excluding hydrogens is 398 g/mol. The van der Waals surface area contributed by atoms with E-state index in [2.05, 4.69) is 5.32 Å². The Kier molecular flexibility index (Phi) is 7.43. The fourth-order valence-electron chi connectivity index (χ4n) is 3.26. The van der Waals surface area contributed by atoms with Crippen LogP contribution in [0.5, 0.6) is 5.75 Å². The van der Waals surface area contributed by atoms with Crippen LogP contribution in [0.1, 0.15) is 32.6 Å². The number of hydrogen-bond acceptors (Lipinski definition) is 5. The number of rotatable bonds is 10. The maximum absolute atomic E-state index is 12.2. The molecule has 0 saturated carbocycles. The summed E-state index contributed by atoms with van der Waals surface area (Å²) >= 11 is 0. The summed E-state index contributed by atoms with van der Waals surface area (Å²) in [6, 6.07) is 16.2. The Labute approximate surface area is 179 Å². The van der Waals surface area contributed by atoms with Gasteiger partial charge in [0.1, 0.15) is 11.3 Å². The monoisotopic (exact) mass is 423 g/mol. The van der Waals surface area contributed by atoms with Gasteiger partial charge in [-0.05, 0) is 43.0 Å². The Hall–Kier alpha value is -3.61. The lowest BCUT2D eigenvalue weighted by atomic mass is 10.0. The molecular formula is C24H25NO6. The minimum absolute atomic E-state index is 0.136. The van der Waals surface area contributed by atoms with Crippen molar-refractivity contribution in [2.75, 3.05) is 6.54 Å². The molecule has 1 aromatic heterocycles. The van der Waals surface area contributed by atoms with Crippen molar-refractivity contribution in [1.82, 2.24) is 5.32 Å². The van der Waals surface area contributed by atoms with Crippen molar-refractivity contribution in [3.63, 3.8) is 0 Å². The molecule has 0 bridgehead atoms. The van der Waals surface area contributed by atoms with E-state index in [0.29, 0.717) is 30.7 Å². The molecule has 7 nitrogen and oxygen atoms in total. The molecule has 0 radical (unpaired) electrons. The van der Waals surface area contributed by atoms with Gasteiger partial charge < -0.3 is 19.6 Å². The highest BCUT2D eigenvalue weighted by atomic mass is 16.5. The summed E-state index contributed by atoms with van der Waals surface area (Å²) < 4.78 is 11.1. The van der Waals surface area contributed by atoms with Crippen LogP contribution in [0.15, 0.2) is 63.8 Å². The number of amides is 1. The first-order chi connectivity index (χ1) is 14.9. The fourth-order valence-corrected chi connectivity index (χ4v) is 3.26. The quantitative estimate of drug-likeness (QED) is 0.377. The lowest BCUT2D eigenvalue weighted by Crippen LogP contribution is -2.36. The van der Waals surface area contributed by atoms with Crippen molar-refractivity contribution >= 4 is 22.8 Å². The minimum atomic E-state index is -0.812. The van der Waals surface area contributed by atoms with Gasteiger partial charge in [0.05, 0.1) is 0 Å². The molecule has 0 aliphatic rings. The van der Waals surface area contributed by atoms with Gasteiger partial charge in [-0.1, -0.05) is 36.8 Å². The van der Waals surface area contributed by atoms with E-state index in [0.717, 1.165) is 22.9 Å². The van der Waals surface area contributed by atoms with Crippen molar-refractivity contribution in [1.29, 1.82) is 0 Å². The zero-order valence-electron chi connectivity index (χ0n) is 17.3. The van der Waals surface area contributed by atoms with Gasteiger partial charge in [0.2, 0.25) is 0 Å². The summed E-state index contributed by atoms with van der Waals surface area (Å²) in [5.74, 6) is -0.657. The highest BCUT2D eigenvalue weighted by Crippen LogP contribution is 2.29. The summed E-state index contributed by atoms with van der Waals surface area (Å²) in [7, 11) is 0. The number of benzene rings is 2. The second-order valence-corrected chi connectivity index (χ2v) is 7.26. The van der Waals surface area contributed by atoms with Crippen molar-refractivity contribution in [3.05, 3.63) is 65.0 Å². The maximum Gasteiger partial charge on any atom is 0.336 e. The zero-order valence-corrected chi connectivity index (χ0v) is 17.3. The van der Waals surface area contributed by atoms with E-state index in [-0.39, 0.29) is 12.3 Å². The fraction of sp³-hybridized carbons (Fsp3) is 0.292. The van der Waals surface area contributed by atoms with Gasteiger partial charge in [0, 0.05) is 30.5 Å². The van der Waals surface area contributed by atoms with Gasteiger partial charge in [-0.15, -0.1) is 0 Å². The van der Waals surface area contributed by atoms with E-state index < -0.39 is 17.7 Å². The number of carbonyl (C=O) groups excluding carboxylic acids is 1. The number of hydrogen-bond donors (Lipinski definition) is 2. The summed E-state index contributed by atoms with van der Waals surface area (Å²) in [5, 5.41) is 12.2. The third-order valence-corrected chi connectivity index (χ3v) is 4.85. The topological polar surface area (TPSA) is 106 Å². The molecule has 1 atom stereocenters. The maximum atomic E-state index is 12.2. The van der Waals surface area contributed by atoms with Crippen LogP contribution in [0.25, 0.3) is 22.1 Å². The smallest absolute Gasteiger partial charge is 0.336 e. The van der Waals surface area contributed by atoms with E-state index in [1.165, 1.54) is 6.07 Å². The Balaban J connectivity index is 1.63. The van der Waals surface area contributed by atoms with E-state index in [1.807, 2.05) is 36.4 Å². The number of unbranched alkanes of at least 4 members (excludes halogenated alkanes) is 2. The number of aliphatic carboxylic acids is 1. The largest absolute Gasteiger partial charge is 0.481 e. The Morgan fingerprint density at radius 3 is 2.58 bits per heavy atom. The molecule has 0 fully saturated rings. The van der Waals surface area contributed by atoms with E-state index >= 15 is 0 Å². The number of carbonyl (C=O) groups is 2. The third-order valence-electron chi connectivity index (χ3n) is 4.85. The van der Waals surface area contributed by atoms with Crippen LogP contribution < -0.4 is 15.7 Å². The Bertz CT molecular complexity index is 1110. The van der Waals surface area contributed by atoms with Crippen LogP contribution in [0.3, 0.4) is 0 Å². The predicted molar refractivity (Wildman–Crippen MR) is 117 cm³/mol. The molecule has 7 heteroatoms. The second kappa shape index (κ2) is 10.4. The van der Waals surface area contributed by atoms with Crippen molar-refractivity contribution in [3.8, 4) is 16.9 Å². The van der Waals surface area contributed by atoms with Crippen LogP contribution >= 0.6 is 0 Å². The standard InChI is InChI=1S/C24H25NO6/c1-16(24(29)25-13-7-3-6-10-22(26)27)30-18-11-12-19-20(17-8-4-2-5-9-17)15-23(28)31-21(19)14-18/h2,4-5,8-9,11-12,14-16H,3,6-7,10,13H2,1H3,(H,25,29)(H,26,27)/t16-/m0/s1. The predicted octanol–water partition coefficient (Wildman–Crippen LogP) is 3.99. The van der Waals surface area contributed by atoms with Crippen LogP contribution in [0.2, 0.25) is 0 Å². The highest BCUT2D eigenvalue weighted by Gasteiger charge is 2.15. The van der Waals surface area contributed by atoms with Gasteiger partial charge in [0.25, 0.3) is 5.91 Å². The molecule has 31 heavy (non-hydrogen) atoms. The normalized spacial score (nSPS) is 11.8. The zero-order chi connectivity index (χ0) is 22.2. The third kappa shape index (κ3) is 6.18. The van der Waals surface area contributed by atoms with Crippen LogP contribution in [-0.4, -0.2) is 29.6 Å². The van der Waals surface area contributed by atoms with Gasteiger partial charge in [-0.25, -0.2) is 4.79 Å². The molecule has 0 aliphatic heterocycles. The van der Waals surface area contributed by atoms with E-state index in [9.17, 15) is 14.4 Å². The molecule has 1 heterocycles. The van der Waals surface area contributed by atoms with E-state index in [4.69, 9.17) is 14.3 Å². The van der Waals surface area contributed by atoms with Crippen molar-refractivity contribution in [2.45, 2.75) is 38.7 Å². The Morgan fingerprint density at radius 1 is 1.06 bits per heavy atom. The second-order valence-electron chi connectivity index (χ2n) is 7.26. The average Bonchev–Trinajstić information content (AvgIpc) is 2.75. The lowest BCUT2D eigenvalue weighted by Gasteiger charge is -2.15. The molecule has 3 rings (SSSR count). The van der Waals surface area contributed by atoms with Crippen LogP contribution in [0.4, 0.5) is 0 Å². The molecule has 0 spiro atoms. The number of fused-ring (bicyclic) bond motifs is 1. The summed E-state index contributed by atoms with van der Waals surface area (Å²) in [4.78, 5) is 34.8. The van der Waals surface area contributed by atoms with Crippen molar-refractivity contribution < 1.29 is 23.8 Å². The summed E-state index contributed by atoms with van der Waals surface area (Å²) in [6.45, 7) is 2.10. The van der Waals surface area contributed by atoms with E-state index in [1.54, 1.807) is 19.1 Å². The summed E-state index contributed by atoms with van der Waals surface area (Å²) in [5.41, 5.74) is 1.60. The first-order valence-corrected chi connectivity index (χ1v) is 10.2.